The molecule has 0 saturated heterocycles. The molecule has 0 aliphatic heterocycles. The van der Waals surface area contributed by atoms with Crippen molar-refractivity contribution in [2.45, 2.75) is 51.2 Å². The average Bonchev–Trinajstić information content (AvgIpc) is 2.65. The summed E-state index contributed by atoms with van der Waals surface area (Å²) in [4.78, 5) is 11.7. The molecule has 0 aliphatic rings. The maximum absolute atomic E-state index is 11.3. The zero-order valence-electron chi connectivity index (χ0n) is 17.2. The molecule has 0 aliphatic carbocycles. The predicted octanol–water partition coefficient (Wildman–Crippen LogP) is 0.270. The van der Waals surface area contributed by atoms with Crippen molar-refractivity contribution in [2.24, 2.45) is 17.2 Å². The van der Waals surface area contributed by atoms with Crippen molar-refractivity contribution in [3.8, 4) is 37.0 Å². The topological polar surface area (TPSA) is 132 Å². The first-order valence-electron chi connectivity index (χ1n) is 8.66. The number of ether oxygens (including phenoxy) is 4. The van der Waals surface area contributed by atoms with Crippen LogP contribution >= 0.6 is 12.2 Å². The Morgan fingerprint density at radius 3 is 1.72 bits per heavy atom. The van der Waals surface area contributed by atoms with Crippen molar-refractivity contribution in [3.63, 3.8) is 0 Å². The van der Waals surface area contributed by atoms with E-state index in [-0.39, 0.29) is 26.4 Å². The van der Waals surface area contributed by atoms with E-state index in [0.29, 0.717) is 17.8 Å². The number of nitrogens with two attached hydrogens (primary N) is 3. The number of esters is 1. The summed E-state index contributed by atoms with van der Waals surface area (Å²) in [5.41, 5.74) is 15.8. The van der Waals surface area contributed by atoms with Gasteiger partial charge in [-0.25, -0.2) is 0 Å². The molecule has 162 valence electrons. The van der Waals surface area contributed by atoms with Gasteiger partial charge in [-0.2, -0.15) is 0 Å². The summed E-state index contributed by atoms with van der Waals surface area (Å²) in [5, 5.41) is 0. The van der Waals surface area contributed by atoms with Crippen LogP contribution < -0.4 is 17.2 Å². The maximum atomic E-state index is 11.3. The van der Waals surface area contributed by atoms with Gasteiger partial charge in [-0.15, -0.1) is 19.3 Å². The van der Waals surface area contributed by atoms with E-state index in [9.17, 15) is 4.79 Å². The molecule has 0 radical (unpaired) electrons. The number of hydrogen-bond acceptors (Lipinski definition) is 8. The molecule has 0 fully saturated rings. The third-order valence-electron chi connectivity index (χ3n) is 2.79. The molecule has 0 aromatic carbocycles. The number of carbonyl (C=O) groups excluding carboxylic acids is 1. The van der Waals surface area contributed by atoms with Crippen molar-refractivity contribution in [1.29, 1.82) is 0 Å². The van der Waals surface area contributed by atoms with Gasteiger partial charge in [-0.1, -0.05) is 30.0 Å². The lowest BCUT2D eigenvalue weighted by Gasteiger charge is -2.29. The largest absolute Gasteiger partial charge is 0.459 e. The Kier molecular flexibility index (Phi) is 15.8. The minimum absolute atomic E-state index is 0.00760. The highest BCUT2D eigenvalue weighted by atomic mass is 32.1. The third-order valence-corrected chi connectivity index (χ3v) is 2.99. The molecule has 0 rings (SSSR count). The van der Waals surface area contributed by atoms with Crippen LogP contribution in [0.5, 0.6) is 0 Å². The lowest BCUT2D eigenvalue weighted by molar-refractivity contribution is -0.361. The van der Waals surface area contributed by atoms with E-state index in [1.807, 2.05) is 0 Å². The van der Waals surface area contributed by atoms with E-state index in [0.717, 1.165) is 0 Å². The molecule has 1 unspecified atom stereocenters. The van der Waals surface area contributed by atoms with Crippen molar-refractivity contribution < 1.29 is 23.7 Å². The van der Waals surface area contributed by atoms with Crippen LogP contribution in [0.3, 0.4) is 0 Å². The highest BCUT2D eigenvalue weighted by Crippen LogP contribution is 2.13. The third kappa shape index (κ3) is 16.5. The zero-order valence-corrected chi connectivity index (χ0v) is 18.1. The van der Waals surface area contributed by atoms with E-state index < -0.39 is 23.6 Å². The second kappa shape index (κ2) is 15.7. The van der Waals surface area contributed by atoms with Crippen LogP contribution in [0, 0.1) is 37.0 Å². The summed E-state index contributed by atoms with van der Waals surface area (Å²) in [6.07, 6.45) is 16.0. The van der Waals surface area contributed by atoms with Gasteiger partial charge in [-0.05, 0) is 33.6 Å². The van der Waals surface area contributed by atoms with E-state index >= 15 is 0 Å². The fourth-order valence-corrected chi connectivity index (χ4v) is 1.67. The Morgan fingerprint density at radius 2 is 1.45 bits per heavy atom. The van der Waals surface area contributed by atoms with Gasteiger partial charge >= 0.3 is 5.97 Å². The van der Waals surface area contributed by atoms with Crippen LogP contribution in [0.25, 0.3) is 0 Å². The Morgan fingerprint density at radius 1 is 1.03 bits per heavy atom. The SMILES string of the molecule is C#CCOC(CN)(OCC#C)OCC#C.CC(C)(C)OC(=O)C(N)CCC(N)=S. The molecule has 6 N–H and O–H groups in total. The molecule has 1 atom stereocenters. The fourth-order valence-electron chi connectivity index (χ4n) is 1.55. The summed E-state index contributed by atoms with van der Waals surface area (Å²) >= 11 is 4.68. The van der Waals surface area contributed by atoms with Crippen LogP contribution in [0.4, 0.5) is 0 Å². The Bertz CT molecular complexity index is 580. The molecule has 8 nitrogen and oxygen atoms in total. The average molecular weight is 426 g/mol. The van der Waals surface area contributed by atoms with Crippen LogP contribution in [0.2, 0.25) is 0 Å². The van der Waals surface area contributed by atoms with Gasteiger partial charge in [0.1, 0.15) is 31.5 Å². The van der Waals surface area contributed by atoms with E-state index in [4.69, 9.17) is 55.4 Å². The summed E-state index contributed by atoms with van der Waals surface area (Å²) < 4.78 is 20.5. The fraction of sp³-hybridized carbons (Fsp3) is 0.600. The molecule has 0 bridgehead atoms. The molecule has 0 heterocycles. The number of rotatable bonds is 11. The van der Waals surface area contributed by atoms with Gasteiger partial charge in [0, 0.05) is 0 Å². The highest BCUT2D eigenvalue weighted by molar-refractivity contribution is 7.80. The molecule has 0 amide bonds. The quantitative estimate of drug-likeness (QED) is 0.185. The van der Waals surface area contributed by atoms with Gasteiger partial charge in [0.15, 0.2) is 0 Å². The normalized spacial score (nSPS) is 11.7. The van der Waals surface area contributed by atoms with Gasteiger partial charge in [-0.3, -0.25) is 4.79 Å². The predicted molar refractivity (Wildman–Crippen MR) is 116 cm³/mol. The number of carbonyl (C=O) groups is 1. The van der Waals surface area contributed by atoms with Gasteiger partial charge in [0.05, 0.1) is 11.5 Å². The summed E-state index contributed by atoms with van der Waals surface area (Å²) in [5.74, 6) is 4.95. The first-order valence-corrected chi connectivity index (χ1v) is 9.06. The first-order chi connectivity index (χ1) is 13.5. The van der Waals surface area contributed by atoms with Crippen molar-refractivity contribution in [2.75, 3.05) is 26.4 Å². The summed E-state index contributed by atoms with van der Waals surface area (Å²) in [6, 6.07) is -0.643. The Labute approximate surface area is 179 Å². The molecule has 0 aromatic rings. The second-order valence-electron chi connectivity index (χ2n) is 6.51. The number of terminal acetylenes is 3. The lowest BCUT2D eigenvalue weighted by Crippen LogP contribution is -2.46. The lowest BCUT2D eigenvalue weighted by atomic mass is 10.1. The minimum Gasteiger partial charge on any atom is -0.459 e. The number of thiocarbonyl (C=S) groups is 1. The first kappa shape index (κ1) is 29.0. The van der Waals surface area contributed by atoms with Crippen LogP contribution in [-0.4, -0.2) is 54.9 Å². The van der Waals surface area contributed by atoms with Crippen molar-refractivity contribution in [1.82, 2.24) is 0 Å². The monoisotopic (exact) mass is 425 g/mol. The van der Waals surface area contributed by atoms with Crippen molar-refractivity contribution in [3.05, 3.63) is 0 Å². The molecular formula is C20H31N3O5S. The van der Waals surface area contributed by atoms with Crippen LogP contribution in [0.15, 0.2) is 0 Å². The second-order valence-corrected chi connectivity index (χ2v) is 7.03. The minimum atomic E-state index is -1.45. The van der Waals surface area contributed by atoms with Gasteiger partial charge in [0.25, 0.3) is 5.97 Å². The summed E-state index contributed by atoms with van der Waals surface area (Å²) in [6.45, 7) is 5.31. The smallest absolute Gasteiger partial charge is 0.323 e. The Balaban J connectivity index is 0. The highest BCUT2D eigenvalue weighted by Gasteiger charge is 2.31. The van der Waals surface area contributed by atoms with E-state index in [1.54, 1.807) is 20.8 Å². The molecular weight excluding hydrogens is 394 g/mol. The van der Waals surface area contributed by atoms with Gasteiger partial charge in [0.2, 0.25) is 0 Å². The van der Waals surface area contributed by atoms with Gasteiger partial charge < -0.3 is 36.1 Å². The van der Waals surface area contributed by atoms with Crippen LogP contribution in [0.1, 0.15) is 33.6 Å². The molecule has 0 saturated carbocycles. The van der Waals surface area contributed by atoms with E-state index in [1.165, 1.54) is 0 Å². The molecule has 9 heteroatoms. The molecule has 0 spiro atoms. The Hall–Kier alpha value is -2.16. The number of hydrogen-bond donors (Lipinski definition) is 3. The zero-order chi connectivity index (χ0) is 22.9. The summed E-state index contributed by atoms with van der Waals surface area (Å²) in [7, 11) is 0. The van der Waals surface area contributed by atoms with Crippen LogP contribution in [-0.2, 0) is 23.7 Å². The standard InChI is InChI=1S/C11H13NO3.C9H18N2O2S/c1-4-7-13-11(10-12,14-8-5-2)15-9-6-3;1-9(2,3)13-8(12)6(10)4-5-7(11)14/h1-3H,7-10,12H2;6H,4-5,10H2,1-3H3,(H2,11,14). The molecule has 0 aromatic heterocycles. The molecule has 29 heavy (non-hydrogen) atoms. The van der Waals surface area contributed by atoms with Crippen molar-refractivity contribution >= 4 is 23.2 Å². The maximum Gasteiger partial charge on any atom is 0.323 e. The van der Waals surface area contributed by atoms with E-state index in [2.05, 4.69) is 30.0 Å².